The van der Waals surface area contributed by atoms with Gasteiger partial charge in [0.15, 0.2) is 0 Å². The van der Waals surface area contributed by atoms with E-state index in [-0.39, 0.29) is 11.2 Å². The molecule has 3 aromatic rings. The van der Waals surface area contributed by atoms with Crippen LogP contribution in [0.5, 0.6) is 5.75 Å². The molecular weight excluding hydrogens is 451 g/mol. The third-order valence-electron chi connectivity index (χ3n) is 4.36. The van der Waals surface area contributed by atoms with Gasteiger partial charge in [-0.15, -0.1) is 11.8 Å². The lowest BCUT2D eigenvalue weighted by Crippen LogP contribution is -2.26. The second-order valence-corrected chi connectivity index (χ2v) is 9.14. The van der Waals surface area contributed by atoms with Crippen LogP contribution < -0.4 is 10.2 Å². The number of carbonyl (C=O) groups is 1. The quantitative estimate of drug-likeness (QED) is 0.231. The molecule has 160 valence electrons. The van der Waals surface area contributed by atoms with E-state index in [2.05, 4.69) is 10.5 Å². The molecule has 3 rings (SSSR count). The molecule has 1 atom stereocenters. The van der Waals surface area contributed by atoms with Gasteiger partial charge in [-0.05, 0) is 73.5 Å². The molecule has 7 heteroatoms. The normalized spacial score (nSPS) is 12.0. The van der Waals surface area contributed by atoms with Crippen molar-refractivity contribution in [3.8, 4) is 5.75 Å². The van der Waals surface area contributed by atoms with E-state index in [9.17, 15) is 4.79 Å². The van der Waals surface area contributed by atoms with Crippen LogP contribution in [-0.2, 0) is 11.4 Å². The number of thioether (sulfide) groups is 1. The lowest BCUT2D eigenvalue weighted by molar-refractivity contribution is -0.120. The molecule has 1 N–H and O–H groups in total. The van der Waals surface area contributed by atoms with E-state index in [1.54, 1.807) is 18.3 Å². The van der Waals surface area contributed by atoms with Crippen LogP contribution in [0.3, 0.4) is 0 Å². The maximum absolute atomic E-state index is 12.2. The number of aryl methyl sites for hydroxylation is 1. The first-order valence-electron chi connectivity index (χ1n) is 9.64. The number of benzene rings is 3. The Bertz CT molecular complexity index is 1050. The lowest BCUT2D eigenvalue weighted by atomic mass is 10.2. The summed E-state index contributed by atoms with van der Waals surface area (Å²) < 4.78 is 5.76. The smallest absolute Gasteiger partial charge is 0.253 e. The first-order valence-corrected chi connectivity index (χ1v) is 11.3. The molecular formula is C24H22Cl2N2O2S. The van der Waals surface area contributed by atoms with E-state index in [0.717, 1.165) is 21.8 Å². The number of hydrogen-bond donors (Lipinski definition) is 1. The van der Waals surface area contributed by atoms with Crippen LogP contribution in [0.2, 0.25) is 10.0 Å². The first-order chi connectivity index (χ1) is 14.9. The Hall–Kier alpha value is -2.47. The number of halogens is 2. The van der Waals surface area contributed by atoms with E-state index in [1.165, 1.54) is 17.3 Å². The van der Waals surface area contributed by atoms with Gasteiger partial charge in [-0.1, -0.05) is 47.0 Å². The zero-order chi connectivity index (χ0) is 22.2. The summed E-state index contributed by atoms with van der Waals surface area (Å²) in [6.07, 6.45) is 1.60. The Morgan fingerprint density at radius 2 is 1.77 bits per heavy atom. The van der Waals surface area contributed by atoms with Crippen LogP contribution in [0.25, 0.3) is 0 Å². The van der Waals surface area contributed by atoms with E-state index in [1.807, 2.05) is 68.4 Å². The highest BCUT2D eigenvalue weighted by Crippen LogP contribution is 2.24. The van der Waals surface area contributed by atoms with Crippen LogP contribution in [0, 0.1) is 6.92 Å². The van der Waals surface area contributed by atoms with Gasteiger partial charge >= 0.3 is 0 Å². The topological polar surface area (TPSA) is 50.7 Å². The molecule has 0 unspecified atom stereocenters. The number of amides is 1. The van der Waals surface area contributed by atoms with Gasteiger partial charge in [-0.3, -0.25) is 4.79 Å². The van der Waals surface area contributed by atoms with Gasteiger partial charge in [-0.2, -0.15) is 5.10 Å². The zero-order valence-electron chi connectivity index (χ0n) is 17.1. The van der Waals surface area contributed by atoms with Crippen molar-refractivity contribution in [3.63, 3.8) is 0 Å². The van der Waals surface area contributed by atoms with Crippen molar-refractivity contribution < 1.29 is 9.53 Å². The SMILES string of the molecule is Cc1ccc(S[C@H](C)C(=O)N/N=C\c2ccc(OCc3ccc(Cl)c(Cl)c3)cc2)cc1. The van der Waals surface area contributed by atoms with Gasteiger partial charge in [0.05, 0.1) is 21.5 Å². The molecule has 0 saturated carbocycles. The number of nitrogens with zero attached hydrogens (tertiary/aromatic N) is 1. The van der Waals surface area contributed by atoms with Crippen LogP contribution in [0.1, 0.15) is 23.6 Å². The molecule has 0 radical (unpaired) electrons. The Morgan fingerprint density at radius 3 is 2.45 bits per heavy atom. The van der Waals surface area contributed by atoms with E-state index in [4.69, 9.17) is 27.9 Å². The molecule has 3 aromatic carbocycles. The standard InChI is InChI=1S/C24H22Cl2N2O2S/c1-16-3-10-21(11-4-16)31-17(2)24(29)28-27-14-18-5-8-20(9-6-18)30-15-19-7-12-22(25)23(26)13-19/h3-14,17H,15H2,1-2H3,(H,28,29)/b27-14-/t17-/m1/s1. The first kappa shape index (κ1) is 23.2. The minimum Gasteiger partial charge on any atom is -0.489 e. The number of ether oxygens (including phenoxy) is 1. The monoisotopic (exact) mass is 472 g/mol. The predicted molar refractivity (Wildman–Crippen MR) is 129 cm³/mol. The van der Waals surface area contributed by atoms with Crippen LogP contribution in [0.15, 0.2) is 76.7 Å². The Kier molecular flexibility index (Phi) is 8.41. The third-order valence-corrected chi connectivity index (χ3v) is 6.21. The minimum atomic E-state index is -0.253. The van der Waals surface area contributed by atoms with Crippen molar-refractivity contribution in [1.82, 2.24) is 5.43 Å². The number of hydrogen-bond acceptors (Lipinski definition) is 4. The van der Waals surface area contributed by atoms with Crippen molar-refractivity contribution >= 4 is 47.1 Å². The highest BCUT2D eigenvalue weighted by atomic mass is 35.5. The van der Waals surface area contributed by atoms with Gasteiger partial charge in [-0.25, -0.2) is 5.43 Å². The summed E-state index contributed by atoms with van der Waals surface area (Å²) in [6.45, 7) is 4.28. The molecule has 0 saturated heterocycles. The van der Waals surface area contributed by atoms with Crippen LogP contribution in [0.4, 0.5) is 0 Å². The maximum Gasteiger partial charge on any atom is 0.253 e. The van der Waals surface area contributed by atoms with Gasteiger partial charge in [0.2, 0.25) is 0 Å². The summed E-state index contributed by atoms with van der Waals surface area (Å²) in [5.41, 5.74) is 5.56. The predicted octanol–water partition coefficient (Wildman–Crippen LogP) is 6.51. The molecule has 0 fully saturated rings. The van der Waals surface area contributed by atoms with Crippen LogP contribution in [-0.4, -0.2) is 17.4 Å². The molecule has 0 aliphatic rings. The van der Waals surface area contributed by atoms with Crippen molar-refractivity contribution in [3.05, 3.63) is 93.5 Å². The number of nitrogens with one attached hydrogen (secondary N) is 1. The molecule has 4 nitrogen and oxygen atoms in total. The fourth-order valence-corrected chi connectivity index (χ4v) is 3.76. The maximum atomic E-state index is 12.2. The number of hydrazone groups is 1. The molecule has 0 bridgehead atoms. The largest absolute Gasteiger partial charge is 0.489 e. The third kappa shape index (κ3) is 7.31. The van der Waals surface area contributed by atoms with Crippen molar-refractivity contribution in [2.45, 2.75) is 30.6 Å². The zero-order valence-corrected chi connectivity index (χ0v) is 19.5. The van der Waals surface area contributed by atoms with Crippen LogP contribution >= 0.6 is 35.0 Å². The molecule has 0 aliphatic carbocycles. The summed E-state index contributed by atoms with van der Waals surface area (Å²) in [6, 6.07) is 20.9. The second-order valence-electron chi connectivity index (χ2n) is 6.91. The minimum absolute atomic E-state index is 0.150. The summed E-state index contributed by atoms with van der Waals surface area (Å²) in [5, 5.41) is 4.82. The average molecular weight is 473 g/mol. The summed E-state index contributed by atoms with van der Waals surface area (Å²) in [4.78, 5) is 13.3. The summed E-state index contributed by atoms with van der Waals surface area (Å²) >= 11 is 13.4. The molecule has 0 heterocycles. The van der Waals surface area contributed by atoms with E-state index in [0.29, 0.717) is 16.7 Å². The molecule has 0 aromatic heterocycles. The fourth-order valence-electron chi connectivity index (χ4n) is 2.58. The number of carbonyl (C=O) groups excluding carboxylic acids is 1. The Labute approximate surface area is 196 Å². The van der Waals surface area contributed by atoms with Crippen molar-refractivity contribution in [1.29, 1.82) is 0 Å². The highest BCUT2D eigenvalue weighted by Gasteiger charge is 2.13. The van der Waals surface area contributed by atoms with Crippen molar-refractivity contribution in [2.75, 3.05) is 0 Å². The van der Waals surface area contributed by atoms with Gasteiger partial charge in [0.1, 0.15) is 12.4 Å². The van der Waals surface area contributed by atoms with Gasteiger partial charge < -0.3 is 4.74 Å². The average Bonchev–Trinajstić information content (AvgIpc) is 2.77. The van der Waals surface area contributed by atoms with E-state index >= 15 is 0 Å². The molecule has 0 spiro atoms. The summed E-state index contributed by atoms with van der Waals surface area (Å²) in [5.74, 6) is 0.568. The molecule has 31 heavy (non-hydrogen) atoms. The van der Waals surface area contributed by atoms with E-state index < -0.39 is 0 Å². The van der Waals surface area contributed by atoms with Gasteiger partial charge in [0, 0.05) is 4.90 Å². The van der Waals surface area contributed by atoms with Gasteiger partial charge in [0.25, 0.3) is 5.91 Å². The summed E-state index contributed by atoms with van der Waals surface area (Å²) in [7, 11) is 0. The fraction of sp³-hybridized carbons (Fsp3) is 0.167. The number of rotatable bonds is 8. The lowest BCUT2D eigenvalue weighted by Gasteiger charge is -2.09. The highest BCUT2D eigenvalue weighted by molar-refractivity contribution is 8.00. The Balaban J connectivity index is 1.46. The molecule has 1 amide bonds. The van der Waals surface area contributed by atoms with Crippen molar-refractivity contribution in [2.24, 2.45) is 5.10 Å². The Morgan fingerprint density at radius 1 is 1.06 bits per heavy atom. The molecule has 0 aliphatic heterocycles. The second kappa shape index (κ2) is 11.2.